The van der Waals surface area contributed by atoms with Crippen molar-refractivity contribution in [1.29, 1.82) is 0 Å². The molecule has 2 heterocycles. The van der Waals surface area contributed by atoms with Crippen LogP contribution in [-0.4, -0.2) is 42.3 Å². The van der Waals surface area contributed by atoms with Gasteiger partial charge >= 0.3 is 0 Å². The van der Waals surface area contributed by atoms with E-state index in [-0.39, 0.29) is 17.8 Å². The summed E-state index contributed by atoms with van der Waals surface area (Å²) in [5, 5.41) is 17.1. The third kappa shape index (κ3) is 2.30. The number of nitro benzene ring substituents is 1. The van der Waals surface area contributed by atoms with Crippen LogP contribution >= 0.6 is 0 Å². The van der Waals surface area contributed by atoms with Crippen molar-refractivity contribution in [3.05, 3.63) is 28.3 Å². The van der Waals surface area contributed by atoms with E-state index in [0.717, 1.165) is 13.1 Å². The van der Waals surface area contributed by atoms with E-state index >= 15 is 0 Å². The van der Waals surface area contributed by atoms with Gasteiger partial charge in [0.15, 0.2) is 5.58 Å². The van der Waals surface area contributed by atoms with Gasteiger partial charge in [-0.15, -0.1) is 0 Å². The second kappa shape index (κ2) is 5.06. The maximum Gasteiger partial charge on any atom is 0.296 e. The van der Waals surface area contributed by atoms with Gasteiger partial charge in [0.2, 0.25) is 0 Å². The molecule has 2 N–H and O–H groups in total. The van der Waals surface area contributed by atoms with Crippen LogP contribution in [0.5, 0.6) is 0 Å². The van der Waals surface area contributed by atoms with E-state index in [0.29, 0.717) is 17.1 Å². The van der Waals surface area contributed by atoms with Gasteiger partial charge in [0.25, 0.3) is 11.7 Å². The van der Waals surface area contributed by atoms with Crippen LogP contribution in [0, 0.1) is 10.1 Å². The Morgan fingerprint density at radius 2 is 2.40 bits per heavy atom. The van der Waals surface area contributed by atoms with Crippen LogP contribution in [0.4, 0.5) is 11.7 Å². The summed E-state index contributed by atoms with van der Waals surface area (Å²) < 4.78 is 10.8. The van der Waals surface area contributed by atoms with Crippen LogP contribution in [0.15, 0.2) is 22.6 Å². The van der Waals surface area contributed by atoms with Gasteiger partial charge in [0.1, 0.15) is 5.52 Å². The second-order valence-corrected chi connectivity index (χ2v) is 4.61. The molecule has 2 atom stereocenters. The minimum absolute atomic E-state index is 0.0162. The molecule has 0 radical (unpaired) electrons. The quantitative estimate of drug-likeness (QED) is 0.638. The zero-order chi connectivity index (χ0) is 14.1. The van der Waals surface area contributed by atoms with Crippen molar-refractivity contribution in [3.63, 3.8) is 0 Å². The van der Waals surface area contributed by atoms with Gasteiger partial charge in [-0.1, -0.05) is 0 Å². The number of non-ortho nitro benzene ring substituents is 1. The Bertz CT molecular complexity index is 641. The van der Waals surface area contributed by atoms with Gasteiger partial charge in [0.05, 0.1) is 23.1 Å². The first-order valence-corrected chi connectivity index (χ1v) is 6.22. The van der Waals surface area contributed by atoms with E-state index in [9.17, 15) is 10.1 Å². The Hall–Kier alpha value is -2.19. The Morgan fingerprint density at radius 3 is 3.15 bits per heavy atom. The lowest BCUT2D eigenvalue weighted by Gasteiger charge is -2.16. The summed E-state index contributed by atoms with van der Waals surface area (Å²) in [6, 6.07) is 4.75. The molecule has 1 fully saturated rings. The highest BCUT2D eigenvalue weighted by molar-refractivity contribution is 5.77. The van der Waals surface area contributed by atoms with E-state index in [4.69, 9.17) is 9.15 Å². The molecule has 2 aromatic rings. The largest absolute Gasteiger partial charge is 0.423 e. The highest BCUT2D eigenvalue weighted by atomic mass is 16.6. The molecule has 1 unspecified atom stereocenters. The van der Waals surface area contributed by atoms with Gasteiger partial charge in [-0.25, -0.2) is 0 Å². The number of benzene rings is 1. The Kier molecular flexibility index (Phi) is 3.25. The number of hydrogen-bond donors (Lipinski definition) is 2. The molecule has 1 aliphatic heterocycles. The first-order chi connectivity index (χ1) is 9.67. The number of aromatic nitrogens is 1. The molecule has 0 spiro atoms. The van der Waals surface area contributed by atoms with Crippen LogP contribution in [-0.2, 0) is 4.74 Å². The number of hydrogen-bond acceptors (Lipinski definition) is 7. The third-order valence-electron chi connectivity index (χ3n) is 3.35. The molecule has 8 nitrogen and oxygen atoms in total. The lowest BCUT2D eigenvalue weighted by Crippen LogP contribution is -2.33. The average Bonchev–Trinajstić information content (AvgIpc) is 3.03. The number of nitrogens with one attached hydrogen (secondary N) is 2. The Labute approximate surface area is 114 Å². The maximum atomic E-state index is 10.7. The summed E-state index contributed by atoms with van der Waals surface area (Å²) in [5.41, 5.74) is 0.956. The molecule has 1 saturated heterocycles. The molecule has 20 heavy (non-hydrogen) atoms. The average molecular weight is 278 g/mol. The van der Waals surface area contributed by atoms with Crippen LogP contribution in [0.3, 0.4) is 0 Å². The van der Waals surface area contributed by atoms with Crippen LogP contribution in [0.1, 0.15) is 0 Å². The number of fused-ring (bicyclic) bond motifs is 1. The van der Waals surface area contributed by atoms with Crippen molar-refractivity contribution in [1.82, 2.24) is 10.3 Å². The summed E-state index contributed by atoms with van der Waals surface area (Å²) >= 11 is 0. The van der Waals surface area contributed by atoms with Crippen molar-refractivity contribution in [2.45, 2.75) is 12.1 Å². The van der Waals surface area contributed by atoms with Crippen molar-refractivity contribution in [2.24, 2.45) is 0 Å². The zero-order valence-corrected chi connectivity index (χ0v) is 10.8. The number of ether oxygens (including phenoxy) is 1. The predicted molar refractivity (Wildman–Crippen MR) is 71.7 cm³/mol. The summed E-state index contributed by atoms with van der Waals surface area (Å²) in [5.74, 6) is 0. The fraction of sp³-hybridized carbons (Fsp3) is 0.417. The minimum atomic E-state index is -0.461. The minimum Gasteiger partial charge on any atom is -0.423 e. The molecular formula is C12H14N4O4. The zero-order valence-electron chi connectivity index (χ0n) is 10.8. The number of anilines is 1. The first-order valence-electron chi connectivity index (χ1n) is 6.22. The molecule has 8 heteroatoms. The first kappa shape index (κ1) is 12.8. The van der Waals surface area contributed by atoms with Gasteiger partial charge in [-0.2, -0.15) is 4.98 Å². The lowest BCUT2D eigenvalue weighted by molar-refractivity contribution is -0.384. The van der Waals surface area contributed by atoms with Crippen molar-refractivity contribution in [2.75, 3.05) is 25.5 Å². The molecule has 1 aromatic heterocycles. The molecule has 0 saturated carbocycles. The normalized spacial score (nSPS) is 22.2. The van der Waals surface area contributed by atoms with Crippen LogP contribution in [0.25, 0.3) is 11.1 Å². The summed E-state index contributed by atoms with van der Waals surface area (Å²) in [6.07, 6.45) is 0.0411. The summed E-state index contributed by atoms with van der Waals surface area (Å²) in [7, 11) is 1.65. The third-order valence-corrected chi connectivity index (χ3v) is 3.35. The lowest BCUT2D eigenvalue weighted by atomic mass is 10.2. The van der Waals surface area contributed by atoms with Gasteiger partial charge < -0.3 is 19.8 Å². The van der Waals surface area contributed by atoms with Gasteiger partial charge in [0, 0.05) is 26.3 Å². The molecule has 1 aromatic carbocycles. The number of oxazole rings is 1. The van der Waals surface area contributed by atoms with Crippen molar-refractivity contribution < 1.29 is 14.1 Å². The number of methoxy groups -OCH3 is 1. The number of nitrogens with zero attached hydrogens (tertiary/aromatic N) is 2. The molecule has 0 aliphatic carbocycles. The van der Waals surface area contributed by atoms with Crippen LogP contribution in [0.2, 0.25) is 0 Å². The SMILES string of the molecule is CO[C@H]1CNCC1Nc1nc2ccc([N+](=O)[O-])cc2o1. The summed E-state index contributed by atoms with van der Waals surface area (Å²) in [4.78, 5) is 14.5. The van der Waals surface area contributed by atoms with E-state index in [2.05, 4.69) is 15.6 Å². The van der Waals surface area contributed by atoms with Crippen molar-refractivity contribution >= 4 is 22.8 Å². The molecule has 3 rings (SSSR count). The Morgan fingerprint density at radius 1 is 1.55 bits per heavy atom. The second-order valence-electron chi connectivity index (χ2n) is 4.61. The predicted octanol–water partition coefficient (Wildman–Crippen LogP) is 1.13. The molecule has 0 amide bonds. The number of rotatable bonds is 4. The standard InChI is InChI=1S/C12H14N4O4/c1-19-11-6-13-5-9(11)15-12-14-8-3-2-7(16(17)18)4-10(8)20-12/h2-4,9,11,13H,5-6H2,1H3,(H,14,15)/t9?,11-/m0/s1. The van der Waals surface area contributed by atoms with Gasteiger partial charge in [-0.05, 0) is 6.07 Å². The summed E-state index contributed by atoms with van der Waals surface area (Å²) in [6.45, 7) is 1.51. The molecule has 1 aliphatic rings. The number of nitro groups is 1. The molecule has 0 bridgehead atoms. The van der Waals surface area contributed by atoms with Crippen molar-refractivity contribution in [3.8, 4) is 0 Å². The molecule has 106 valence electrons. The Balaban J connectivity index is 1.84. The molecular weight excluding hydrogens is 264 g/mol. The van der Waals surface area contributed by atoms with Gasteiger partial charge in [-0.3, -0.25) is 10.1 Å². The van der Waals surface area contributed by atoms with E-state index in [1.807, 2.05) is 0 Å². The highest BCUT2D eigenvalue weighted by Crippen LogP contribution is 2.24. The van der Waals surface area contributed by atoms with E-state index < -0.39 is 4.92 Å². The topological polar surface area (TPSA) is 102 Å². The van der Waals surface area contributed by atoms with Crippen LogP contribution < -0.4 is 10.6 Å². The fourth-order valence-corrected chi connectivity index (χ4v) is 2.29. The van der Waals surface area contributed by atoms with E-state index in [1.165, 1.54) is 12.1 Å². The monoisotopic (exact) mass is 278 g/mol. The van der Waals surface area contributed by atoms with E-state index in [1.54, 1.807) is 13.2 Å². The highest BCUT2D eigenvalue weighted by Gasteiger charge is 2.28. The fourth-order valence-electron chi connectivity index (χ4n) is 2.29. The smallest absolute Gasteiger partial charge is 0.296 e. The maximum absolute atomic E-state index is 10.7.